The number of furan rings is 1. The highest BCUT2D eigenvalue weighted by molar-refractivity contribution is 5.93. The minimum atomic E-state index is -0.152. The Bertz CT molecular complexity index is 550. The first-order valence-electron chi connectivity index (χ1n) is 6.65. The quantitative estimate of drug-likeness (QED) is 0.849. The van der Waals surface area contributed by atoms with Crippen LogP contribution in [0, 0.1) is 5.92 Å². The zero-order valence-corrected chi connectivity index (χ0v) is 11.7. The normalized spacial score (nSPS) is 10.6. The van der Waals surface area contributed by atoms with Gasteiger partial charge in [0.25, 0.3) is 5.91 Å². The third-order valence-corrected chi connectivity index (χ3v) is 2.71. The number of rotatable bonds is 6. The molecule has 0 fully saturated rings. The first-order chi connectivity index (χ1) is 9.65. The minimum absolute atomic E-state index is 0.152. The summed E-state index contributed by atoms with van der Waals surface area (Å²) >= 11 is 0. The van der Waals surface area contributed by atoms with E-state index in [0.29, 0.717) is 24.7 Å². The molecule has 5 heteroatoms. The second-order valence-electron chi connectivity index (χ2n) is 4.97. The maximum absolute atomic E-state index is 11.9. The molecule has 2 aromatic heterocycles. The van der Waals surface area contributed by atoms with E-state index in [1.807, 2.05) is 18.2 Å². The summed E-state index contributed by atoms with van der Waals surface area (Å²) in [5.41, 5.74) is 1.25. The molecular formula is C15H19N3O2. The van der Waals surface area contributed by atoms with Crippen molar-refractivity contribution in [3.63, 3.8) is 0 Å². The van der Waals surface area contributed by atoms with Crippen molar-refractivity contribution in [2.45, 2.75) is 20.4 Å². The van der Waals surface area contributed by atoms with Gasteiger partial charge in [-0.2, -0.15) is 0 Å². The summed E-state index contributed by atoms with van der Waals surface area (Å²) in [4.78, 5) is 16.0. The van der Waals surface area contributed by atoms with Crippen molar-refractivity contribution >= 4 is 11.6 Å². The Morgan fingerprint density at radius 1 is 1.40 bits per heavy atom. The van der Waals surface area contributed by atoms with E-state index < -0.39 is 0 Å². The Morgan fingerprint density at radius 3 is 2.95 bits per heavy atom. The van der Waals surface area contributed by atoms with Crippen LogP contribution in [-0.4, -0.2) is 17.4 Å². The van der Waals surface area contributed by atoms with Crippen LogP contribution in [0.3, 0.4) is 0 Å². The minimum Gasteiger partial charge on any atom is -0.467 e. The van der Waals surface area contributed by atoms with E-state index in [1.54, 1.807) is 18.5 Å². The molecule has 2 aromatic rings. The molecular weight excluding hydrogens is 254 g/mol. The number of aromatic nitrogens is 1. The molecule has 1 amide bonds. The summed E-state index contributed by atoms with van der Waals surface area (Å²) in [6, 6.07) is 7.29. The lowest BCUT2D eigenvalue weighted by Crippen LogP contribution is -2.28. The van der Waals surface area contributed by atoms with E-state index in [-0.39, 0.29) is 5.91 Å². The molecule has 5 nitrogen and oxygen atoms in total. The first-order valence-corrected chi connectivity index (χ1v) is 6.65. The van der Waals surface area contributed by atoms with E-state index in [9.17, 15) is 4.79 Å². The molecule has 0 bridgehead atoms. The van der Waals surface area contributed by atoms with Gasteiger partial charge in [0.05, 0.1) is 12.8 Å². The topological polar surface area (TPSA) is 67.2 Å². The van der Waals surface area contributed by atoms with Crippen LogP contribution in [0.4, 0.5) is 5.69 Å². The number of pyridine rings is 1. The highest BCUT2D eigenvalue weighted by Gasteiger charge is 2.08. The molecule has 0 aromatic carbocycles. The summed E-state index contributed by atoms with van der Waals surface area (Å²) in [7, 11) is 0. The second kappa shape index (κ2) is 6.75. The number of amides is 1. The van der Waals surface area contributed by atoms with Crippen molar-refractivity contribution in [3.8, 4) is 0 Å². The van der Waals surface area contributed by atoms with Crippen molar-refractivity contribution in [2.24, 2.45) is 5.92 Å². The molecule has 20 heavy (non-hydrogen) atoms. The summed E-state index contributed by atoms with van der Waals surface area (Å²) < 4.78 is 5.24. The molecule has 2 rings (SSSR count). The van der Waals surface area contributed by atoms with Gasteiger partial charge in [-0.3, -0.25) is 9.78 Å². The van der Waals surface area contributed by atoms with Crippen LogP contribution in [0.5, 0.6) is 0 Å². The van der Waals surface area contributed by atoms with Crippen molar-refractivity contribution in [1.82, 2.24) is 10.3 Å². The number of anilines is 1. The maximum atomic E-state index is 11.9. The summed E-state index contributed by atoms with van der Waals surface area (Å²) in [5.74, 6) is 1.10. The van der Waals surface area contributed by atoms with E-state index in [1.165, 1.54) is 0 Å². The summed E-state index contributed by atoms with van der Waals surface area (Å²) in [5, 5.41) is 6.04. The second-order valence-corrected chi connectivity index (χ2v) is 4.97. The lowest BCUT2D eigenvalue weighted by Gasteiger charge is -2.09. The van der Waals surface area contributed by atoms with Crippen molar-refractivity contribution in [2.75, 3.05) is 11.9 Å². The molecule has 0 saturated heterocycles. The van der Waals surface area contributed by atoms with E-state index in [4.69, 9.17) is 4.42 Å². The zero-order valence-electron chi connectivity index (χ0n) is 11.7. The fraction of sp³-hybridized carbons (Fsp3) is 0.333. The van der Waals surface area contributed by atoms with E-state index in [0.717, 1.165) is 11.4 Å². The van der Waals surface area contributed by atoms with Crippen LogP contribution in [0.2, 0.25) is 0 Å². The molecule has 0 aliphatic carbocycles. The fourth-order valence-electron chi connectivity index (χ4n) is 1.65. The van der Waals surface area contributed by atoms with Crippen molar-refractivity contribution in [3.05, 3.63) is 48.2 Å². The van der Waals surface area contributed by atoms with Crippen LogP contribution in [-0.2, 0) is 6.54 Å². The van der Waals surface area contributed by atoms with Crippen molar-refractivity contribution in [1.29, 1.82) is 0 Å². The Morgan fingerprint density at radius 2 is 2.25 bits per heavy atom. The zero-order chi connectivity index (χ0) is 14.4. The van der Waals surface area contributed by atoms with Gasteiger partial charge in [0.2, 0.25) is 0 Å². The lowest BCUT2D eigenvalue weighted by molar-refractivity contribution is 0.0944. The van der Waals surface area contributed by atoms with Crippen LogP contribution in [0.15, 0.2) is 41.1 Å². The van der Waals surface area contributed by atoms with Gasteiger partial charge < -0.3 is 15.1 Å². The largest absolute Gasteiger partial charge is 0.467 e. The third kappa shape index (κ3) is 4.12. The Kier molecular flexibility index (Phi) is 4.76. The van der Waals surface area contributed by atoms with Gasteiger partial charge >= 0.3 is 0 Å². The Balaban J connectivity index is 1.95. The molecule has 0 spiro atoms. The van der Waals surface area contributed by atoms with Gasteiger partial charge in [0.1, 0.15) is 11.5 Å². The van der Waals surface area contributed by atoms with Gasteiger partial charge in [0, 0.05) is 18.4 Å². The van der Waals surface area contributed by atoms with Crippen LogP contribution < -0.4 is 10.6 Å². The molecule has 0 aliphatic heterocycles. The molecule has 0 unspecified atom stereocenters. The average molecular weight is 273 g/mol. The highest BCUT2D eigenvalue weighted by Crippen LogP contribution is 2.10. The predicted octanol–water partition coefficient (Wildman–Crippen LogP) is 2.67. The highest BCUT2D eigenvalue weighted by atomic mass is 16.3. The number of carbonyl (C=O) groups excluding carboxylic acids is 1. The monoisotopic (exact) mass is 273 g/mol. The molecule has 0 saturated carbocycles. The maximum Gasteiger partial charge on any atom is 0.269 e. The average Bonchev–Trinajstić information content (AvgIpc) is 2.96. The Hall–Kier alpha value is -2.30. The number of hydrogen-bond acceptors (Lipinski definition) is 4. The fourth-order valence-corrected chi connectivity index (χ4v) is 1.65. The standard InChI is InChI=1S/C15H19N3O2/c1-11(2)9-18-15(19)14-8-12(5-6-16-14)17-10-13-4-3-7-20-13/h3-8,11H,9-10H2,1-2H3,(H,16,17)(H,18,19). The lowest BCUT2D eigenvalue weighted by atomic mass is 10.2. The summed E-state index contributed by atoms with van der Waals surface area (Å²) in [6.45, 7) is 5.32. The molecule has 106 valence electrons. The van der Waals surface area contributed by atoms with Crippen LogP contribution in [0.25, 0.3) is 0 Å². The SMILES string of the molecule is CC(C)CNC(=O)c1cc(NCc2ccco2)ccn1. The van der Waals surface area contributed by atoms with Crippen LogP contribution in [0.1, 0.15) is 30.1 Å². The van der Waals surface area contributed by atoms with Gasteiger partial charge in [-0.05, 0) is 30.2 Å². The number of hydrogen-bond donors (Lipinski definition) is 2. The molecule has 0 aliphatic rings. The Labute approximate surface area is 118 Å². The first kappa shape index (κ1) is 14.1. The van der Waals surface area contributed by atoms with E-state index >= 15 is 0 Å². The van der Waals surface area contributed by atoms with Gasteiger partial charge in [-0.1, -0.05) is 13.8 Å². The molecule has 0 atom stereocenters. The number of nitrogens with zero attached hydrogens (tertiary/aromatic N) is 1. The van der Waals surface area contributed by atoms with Crippen LogP contribution >= 0.6 is 0 Å². The third-order valence-electron chi connectivity index (χ3n) is 2.71. The molecule has 0 radical (unpaired) electrons. The molecule has 2 N–H and O–H groups in total. The number of carbonyl (C=O) groups is 1. The van der Waals surface area contributed by atoms with Crippen molar-refractivity contribution < 1.29 is 9.21 Å². The van der Waals surface area contributed by atoms with E-state index in [2.05, 4.69) is 29.5 Å². The van der Waals surface area contributed by atoms with Gasteiger partial charge in [0.15, 0.2) is 0 Å². The van der Waals surface area contributed by atoms with Gasteiger partial charge in [-0.15, -0.1) is 0 Å². The predicted molar refractivity (Wildman–Crippen MR) is 77.4 cm³/mol. The number of nitrogens with one attached hydrogen (secondary N) is 2. The summed E-state index contributed by atoms with van der Waals surface area (Å²) in [6.07, 6.45) is 3.25. The molecule has 2 heterocycles. The smallest absolute Gasteiger partial charge is 0.269 e. The van der Waals surface area contributed by atoms with Gasteiger partial charge in [-0.25, -0.2) is 0 Å².